The van der Waals surface area contributed by atoms with Crippen LogP contribution in [-0.4, -0.2) is 39.1 Å². The van der Waals surface area contributed by atoms with E-state index in [1.54, 1.807) is 0 Å². The zero-order valence-electron chi connectivity index (χ0n) is 11.3. The van der Waals surface area contributed by atoms with E-state index in [0.717, 1.165) is 50.4 Å². The van der Waals surface area contributed by atoms with E-state index < -0.39 is 0 Å². The van der Waals surface area contributed by atoms with Gasteiger partial charge in [0.05, 0.1) is 0 Å². The summed E-state index contributed by atoms with van der Waals surface area (Å²) in [7, 11) is 0. The fraction of sp³-hybridized carbons (Fsp3) is 0.769. The Morgan fingerprint density at radius 3 is 3.00 bits per heavy atom. The van der Waals surface area contributed by atoms with Gasteiger partial charge in [-0.15, -0.1) is 0 Å². The lowest BCUT2D eigenvalue weighted by molar-refractivity contribution is -0.127. The van der Waals surface area contributed by atoms with Crippen molar-refractivity contribution in [3.8, 4) is 0 Å². The lowest BCUT2D eigenvalue weighted by Crippen LogP contribution is -2.27. The third-order valence-corrected chi connectivity index (χ3v) is 3.59. The van der Waals surface area contributed by atoms with Crippen LogP contribution < -0.4 is 0 Å². The minimum atomic E-state index is 0.269. The molecule has 1 aromatic rings. The Kier molecular flexibility index (Phi) is 4.33. The molecule has 1 aliphatic rings. The predicted molar refractivity (Wildman–Crippen MR) is 69.1 cm³/mol. The van der Waals surface area contributed by atoms with E-state index in [2.05, 4.69) is 29.0 Å². The maximum Gasteiger partial charge on any atom is 0.222 e. The molecule has 2 heterocycles. The number of hydrogen-bond donors (Lipinski definition) is 1. The average Bonchev–Trinajstić information content (AvgIpc) is 2.96. The highest BCUT2D eigenvalue weighted by Crippen LogP contribution is 2.11. The second-order valence-electron chi connectivity index (χ2n) is 5.15. The number of amides is 1. The van der Waals surface area contributed by atoms with Crippen molar-refractivity contribution < 1.29 is 4.79 Å². The van der Waals surface area contributed by atoms with E-state index in [1.807, 2.05) is 4.90 Å². The SMILES string of the molecule is CC[C@H](C)Cc1nc(CCN2CCCC2=O)n[nH]1. The lowest BCUT2D eigenvalue weighted by atomic mass is 10.1. The molecule has 1 atom stereocenters. The van der Waals surface area contributed by atoms with Gasteiger partial charge in [-0.2, -0.15) is 5.10 Å². The Labute approximate surface area is 108 Å². The van der Waals surface area contributed by atoms with Crippen molar-refractivity contribution in [2.75, 3.05) is 13.1 Å². The summed E-state index contributed by atoms with van der Waals surface area (Å²) in [5, 5.41) is 7.21. The Morgan fingerprint density at radius 2 is 2.33 bits per heavy atom. The highest BCUT2D eigenvalue weighted by Gasteiger charge is 2.20. The van der Waals surface area contributed by atoms with Crippen LogP contribution in [0.1, 0.15) is 44.8 Å². The van der Waals surface area contributed by atoms with Gasteiger partial charge in [-0.25, -0.2) is 4.98 Å². The van der Waals surface area contributed by atoms with Gasteiger partial charge in [0.15, 0.2) is 5.82 Å². The molecular weight excluding hydrogens is 228 g/mol. The van der Waals surface area contributed by atoms with Crippen LogP contribution in [-0.2, 0) is 17.6 Å². The summed E-state index contributed by atoms with van der Waals surface area (Å²) in [6, 6.07) is 0. The molecule has 5 heteroatoms. The van der Waals surface area contributed by atoms with Crippen molar-refractivity contribution in [1.29, 1.82) is 0 Å². The fourth-order valence-electron chi connectivity index (χ4n) is 2.19. The summed E-state index contributed by atoms with van der Waals surface area (Å²) < 4.78 is 0. The molecule has 0 saturated carbocycles. The number of nitrogens with zero attached hydrogens (tertiary/aromatic N) is 3. The normalized spacial score (nSPS) is 17.4. The van der Waals surface area contributed by atoms with Crippen molar-refractivity contribution in [3.63, 3.8) is 0 Å². The number of carbonyl (C=O) groups excluding carboxylic acids is 1. The Balaban J connectivity index is 1.81. The standard InChI is InChI=1S/C13H22N4O/c1-3-10(2)9-12-14-11(15-16-12)6-8-17-7-4-5-13(17)18/h10H,3-9H2,1-2H3,(H,14,15,16)/t10-/m0/s1. The van der Waals surface area contributed by atoms with E-state index in [1.165, 1.54) is 0 Å². The van der Waals surface area contributed by atoms with E-state index in [9.17, 15) is 4.79 Å². The molecule has 0 aromatic carbocycles. The van der Waals surface area contributed by atoms with Crippen molar-refractivity contribution in [2.24, 2.45) is 5.92 Å². The van der Waals surface area contributed by atoms with Crippen molar-refractivity contribution in [2.45, 2.75) is 46.0 Å². The molecule has 0 aliphatic carbocycles. The van der Waals surface area contributed by atoms with Gasteiger partial charge < -0.3 is 4.90 Å². The molecule has 100 valence electrons. The molecule has 0 unspecified atom stereocenters. The number of H-pyrrole nitrogens is 1. The van der Waals surface area contributed by atoms with Crippen molar-refractivity contribution in [1.82, 2.24) is 20.1 Å². The Morgan fingerprint density at radius 1 is 1.50 bits per heavy atom. The first-order chi connectivity index (χ1) is 8.69. The van der Waals surface area contributed by atoms with E-state index in [0.29, 0.717) is 12.3 Å². The van der Waals surface area contributed by atoms with E-state index in [4.69, 9.17) is 0 Å². The summed E-state index contributed by atoms with van der Waals surface area (Å²) in [6.45, 7) is 6.04. The Bertz CT molecular complexity index is 401. The molecular formula is C13H22N4O. The molecule has 1 saturated heterocycles. The van der Waals surface area contributed by atoms with Gasteiger partial charge in [0, 0.05) is 32.4 Å². The van der Waals surface area contributed by atoms with Crippen molar-refractivity contribution >= 4 is 5.91 Å². The van der Waals surface area contributed by atoms with Crippen LogP contribution in [0.15, 0.2) is 0 Å². The van der Waals surface area contributed by atoms with Crippen LogP contribution in [0.2, 0.25) is 0 Å². The molecule has 1 amide bonds. The first-order valence-electron chi connectivity index (χ1n) is 6.87. The van der Waals surface area contributed by atoms with Crippen LogP contribution in [0.3, 0.4) is 0 Å². The fourth-order valence-corrected chi connectivity index (χ4v) is 2.19. The molecule has 18 heavy (non-hydrogen) atoms. The van der Waals surface area contributed by atoms with E-state index >= 15 is 0 Å². The molecule has 5 nitrogen and oxygen atoms in total. The molecule has 0 radical (unpaired) electrons. The van der Waals surface area contributed by atoms with Crippen LogP contribution in [0.4, 0.5) is 0 Å². The molecule has 1 N–H and O–H groups in total. The van der Waals surface area contributed by atoms with Crippen LogP contribution in [0.25, 0.3) is 0 Å². The third-order valence-electron chi connectivity index (χ3n) is 3.59. The number of carbonyl (C=O) groups is 1. The second-order valence-corrected chi connectivity index (χ2v) is 5.15. The minimum Gasteiger partial charge on any atom is -0.342 e. The summed E-state index contributed by atoms with van der Waals surface area (Å²) in [5.74, 6) is 2.69. The predicted octanol–water partition coefficient (Wildman–Crippen LogP) is 1.56. The molecule has 0 bridgehead atoms. The highest BCUT2D eigenvalue weighted by molar-refractivity contribution is 5.78. The van der Waals surface area contributed by atoms with Gasteiger partial charge in [0.1, 0.15) is 5.82 Å². The molecule has 0 spiro atoms. The summed E-state index contributed by atoms with van der Waals surface area (Å²) in [5.41, 5.74) is 0. The van der Waals surface area contributed by atoms with Crippen molar-refractivity contribution in [3.05, 3.63) is 11.6 Å². The van der Waals surface area contributed by atoms with Gasteiger partial charge in [-0.3, -0.25) is 9.89 Å². The third kappa shape index (κ3) is 3.31. The topological polar surface area (TPSA) is 61.9 Å². The number of hydrogen-bond acceptors (Lipinski definition) is 3. The number of nitrogens with one attached hydrogen (secondary N) is 1. The smallest absolute Gasteiger partial charge is 0.222 e. The molecule has 1 aromatic heterocycles. The maximum absolute atomic E-state index is 11.5. The van der Waals surface area contributed by atoms with Gasteiger partial charge in [0.25, 0.3) is 0 Å². The van der Waals surface area contributed by atoms with Crippen LogP contribution in [0.5, 0.6) is 0 Å². The van der Waals surface area contributed by atoms with Gasteiger partial charge >= 0.3 is 0 Å². The van der Waals surface area contributed by atoms with E-state index in [-0.39, 0.29) is 5.91 Å². The number of aromatic amines is 1. The first kappa shape index (κ1) is 13.1. The highest BCUT2D eigenvalue weighted by atomic mass is 16.2. The van der Waals surface area contributed by atoms with Gasteiger partial charge in [-0.1, -0.05) is 20.3 Å². The van der Waals surface area contributed by atoms with Crippen LogP contribution >= 0.6 is 0 Å². The lowest BCUT2D eigenvalue weighted by Gasteiger charge is -2.13. The second kappa shape index (κ2) is 5.98. The molecule has 2 rings (SSSR count). The van der Waals surface area contributed by atoms with Gasteiger partial charge in [-0.05, 0) is 12.3 Å². The monoisotopic (exact) mass is 250 g/mol. The average molecular weight is 250 g/mol. The minimum absolute atomic E-state index is 0.269. The first-order valence-corrected chi connectivity index (χ1v) is 6.87. The summed E-state index contributed by atoms with van der Waals surface area (Å²) in [4.78, 5) is 17.8. The zero-order valence-corrected chi connectivity index (χ0v) is 11.3. The Hall–Kier alpha value is -1.39. The largest absolute Gasteiger partial charge is 0.342 e. The van der Waals surface area contributed by atoms with Gasteiger partial charge in [0.2, 0.25) is 5.91 Å². The summed E-state index contributed by atoms with van der Waals surface area (Å²) >= 11 is 0. The quantitative estimate of drug-likeness (QED) is 0.833. The molecule has 1 fully saturated rings. The summed E-state index contributed by atoms with van der Waals surface area (Å²) in [6.07, 6.45) is 4.55. The number of rotatable bonds is 6. The zero-order chi connectivity index (χ0) is 13.0. The maximum atomic E-state index is 11.5. The number of likely N-dealkylation sites (tertiary alicyclic amines) is 1. The number of aromatic nitrogens is 3. The van der Waals surface area contributed by atoms with Crippen LogP contribution in [0, 0.1) is 5.92 Å². The molecule has 1 aliphatic heterocycles.